The van der Waals surface area contributed by atoms with Crippen molar-refractivity contribution in [3.63, 3.8) is 0 Å². The minimum atomic E-state index is -0.0368. The summed E-state index contributed by atoms with van der Waals surface area (Å²) in [6.07, 6.45) is 7.22. The number of benzene rings is 2. The maximum Gasteiger partial charge on any atom is 0.254 e. The van der Waals surface area contributed by atoms with E-state index in [2.05, 4.69) is 35.4 Å². The Balaban J connectivity index is 1.48. The Hall–Kier alpha value is -2.77. The normalized spacial score (nSPS) is 25.1. The zero-order valence-electron chi connectivity index (χ0n) is 17.9. The zero-order valence-corrected chi connectivity index (χ0v) is 17.9. The van der Waals surface area contributed by atoms with Gasteiger partial charge in [0.05, 0.1) is 18.7 Å². The quantitative estimate of drug-likeness (QED) is 0.706. The number of fused-ring (bicyclic) bond motifs is 3. The van der Waals surface area contributed by atoms with Crippen molar-refractivity contribution in [1.29, 1.82) is 0 Å². The van der Waals surface area contributed by atoms with Gasteiger partial charge in [0.15, 0.2) is 0 Å². The summed E-state index contributed by atoms with van der Waals surface area (Å²) in [4.78, 5) is 15.3. The first-order valence-electron chi connectivity index (χ1n) is 11.6. The van der Waals surface area contributed by atoms with E-state index >= 15 is 0 Å². The Morgan fingerprint density at radius 1 is 1.06 bits per heavy atom. The summed E-state index contributed by atoms with van der Waals surface area (Å²) < 4.78 is 0. The number of aliphatic hydroxyl groups is 1. The second-order valence-corrected chi connectivity index (χ2v) is 9.10. The van der Waals surface area contributed by atoms with Crippen molar-refractivity contribution in [3.05, 3.63) is 65.2 Å². The largest absolute Gasteiger partial charge is 0.394 e. The summed E-state index contributed by atoms with van der Waals surface area (Å²) in [5.74, 6) is 7.69. The number of carbonyl (C=O) groups is 1. The van der Waals surface area contributed by atoms with Crippen LogP contribution in [0.3, 0.4) is 0 Å². The molecule has 2 aromatic rings. The topological polar surface area (TPSA) is 52.6 Å². The number of rotatable bonds is 2. The van der Waals surface area contributed by atoms with Gasteiger partial charge in [0.2, 0.25) is 0 Å². The van der Waals surface area contributed by atoms with Gasteiger partial charge in [0.25, 0.3) is 5.91 Å². The lowest BCUT2D eigenvalue weighted by Gasteiger charge is -2.39. The third-order valence-corrected chi connectivity index (χ3v) is 7.18. The van der Waals surface area contributed by atoms with Crippen LogP contribution in [0.15, 0.2) is 48.5 Å². The molecule has 1 amide bonds. The molecule has 1 saturated carbocycles. The summed E-state index contributed by atoms with van der Waals surface area (Å²) in [6.45, 7) is 0.774. The van der Waals surface area contributed by atoms with E-state index in [1.165, 1.54) is 32.1 Å². The number of nitrogens with one attached hydrogen (secondary N) is 1. The first kappa shape index (κ1) is 20.2. The van der Waals surface area contributed by atoms with Gasteiger partial charge >= 0.3 is 0 Å². The smallest absolute Gasteiger partial charge is 0.254 e. The third-order valence-electron chi connectivity index (χ3n) is 7.18. The maximum absolute atomic E-state index is 13.3. The number of carbonyl (C=O) groups excluding carboxylic acids is 1. The number of hydrogen-bond acceptors (Lipinski definition) is 3. The van der Waals surface area contributed by atoms with Crippen molar-refractivity contribution in [2.24, 2.45) is 11.8 Å². The number of anilines is 1. The molecule has 2 aromatic carbocycles. The molecule has 0 bridgehead atoms. The molecular weight excluding hydrogens is 384 g/mol. The summed E-state index contributed by atoms with van der Waals surface area (Å²) in [6, 6.07) is 15.8. The highest BCUT2D eigenvalue weighted by Gasteiger charge is 2.45. The van der Waals surface area contributed by atoms with Crippen molar-refractivity contribution in [3.8, 4) is 11.8 Å². The Morgan fingerprint density at radius 3 is 2.65 bits per heavy atom. The monoisotopic (exact) mass is 414 g/mol. The molecule has 2 heterocycles. The summed E-state index contributed by atoms with van der Waals surface area (Å²) in [5, 5.41) is 13.5. The predicted octanol–water partition coefficient (Wildman–Crippen LogP) is 4.61. The van der Waals surface area contributed by atoms with Gasteiger partial charge in [-0.2, -0.15) is 0 Å². The van der Waals surface area contributed by atoms with E-state index in [4.69, 9.17) is 0 Å². The van der Waals surface area contributed by atoms with Crippen LogP contribution in [0.25, 0.3) is 0 Å². The van der Waals surface area contributed by atoms with Crippen LogP contribution in [-0.2, 0) is 0 Å². The van der Waals surface area contributed by atoms with E-state index in [9.17, 15) is 9.90 Å². The number of hydrogen-bond donors (Lipinski definition) is 2. The van der Waals surface area contributed by atoms with Crippen LogP contribution in [0.2, 0.25) is 0 Å². The van der Waals surface area contributed by atoms with E-state index in [0.717, 1.165) is 28.8 Å². The molecule has 4 heteroatoms. The summed E-state index contributed by atoms with van der Waals surface area (Å²) >= 11 is 0. The van der Waals surface area contributed by atoms with Crippen molar-refractivity contribution >= 4 is 11.6 Å². The fraction of sp³-hybridized carbons (Fsp3) is 0.444. The first-order valence-corrected chi connectivity index (χ1v) is 11.6. The van der Waals surface area contributed by atoms with Crippen LogP contribution in [-0.4, -0.2) is 35.1 Å². The van der Waals surface area contributed by atoms with Gasteiger partial charge in [-0.1, -0.05) is 49.3 Å². The first-order chi connectivity index (χ1) is 15.2. The van der Waals surface area contributed by atoms with Gasteiger partial charge < -0.3 is 15.3 Å². The highest BCUT2D eigenvalue weighted by atomic mass is 16.3. The number of nitrogens with zero attached hydrogens (tertiary/aromatic N) is 1. The Kier molecular flexibility index (Phi) is 5.70. The zero-order chi connectivity index (χ0) is 21.2. The van der Waals surface area contributed by atoms with Crippen LogP contribution in [0.5, 0.6) is 0 Å². The average Bonchev–Trinajstić information content (AvgIpc) is 3.28. The highest BCUT2D eigenvalue weighted by Crippen LogP contribution is 2.47. The molecule has 3 atom stereocenters. The maximum atomic E-state index is 13.3. The molecule has 31 heavy (non-hydrogen) atoms. The van der Waals surface area contributed by atoms with Gasteiger partial charge in [0, 0.05) is 35.2 Å². The summed E-state index contributed by atoms with van der Waals surface area (Å²) in [5.41, 5.74) is 3.88. The number of likely N-dealkylation sites (tertiary alicyclic amines) is 1. The lowest BCUT2D eigenvalue weighted by atomic mass is 9.82. The molecule has 2 N–H and O–H groups in total. The van der Waals surface area contributed by atoms with Gasteiger partial charge in [-0.15, -0.1) is 0 Å². The molecule has 4 nitrogen and oxygen atoms in total. The average molecular weight is 415 g/mol. The predicted molar refractivity (Wildman–Crippen MR) is 123 cm³/mol. The van der Waals surface area contributed by atoms with Crippen molar-refractivity contribution < 1.29 is 9.90 Å². The van der Waals surface area contributed by atoms with Crippen molar-refractivity contribution in [1.82, 2.24) is 4.90 Å². The Morgan fingerprint density at radius 2 is 1.87 bits per heavy atom. The van der Waals surface area contributed by atoms with E-state index in [0.29, 0.717) is 12.5 Å². The molecule has 2 aliphatic heterocycles. The molecule has 160 valence electrons. The lowest BCUT2D eigenvalue weighted by Crippen LogP contribution is -2.42. The van der Waals surface area contributed by atoms with Crippen LogP contribution in [0, 0.1) is 23.7 Å². The molecule has 2 fully saturated rings. The van der Waals surface area contributed by atoms with Gasteiger partial charge in [-0.25, -0.2) is 0 Å². The molecular formula is C27H30N2O2. The minimum Gasteiger partial charge on any atom is -0.394 e. The molecule has 5 rings (SSSR count). The number of aliphatic hydroxyl groups excluding tert-OH is 1. The molecule has 0 aromatic heterocycles. The van der Waals surface area contributed by atoms with E-state index in [-0.39, 0.29) is 30.5 Å². The van der Waals surface area contributed by atoms with Crippen molar-refractivity contribution in [2.45, 2.75) is 50.6 Å². The van der Waals surface area contributed by atoms with E-state index in [1.54, 1.807) is 0 Å². The minimum absolute atomic E-state index is 0.0301. The third kappa shape index (κ3) is 3.95. The number of amides is 1. The SMILES string of the molecule is O=C(c1ccccc1)N1CC[C@@H]2[C@H](CO)Nc3ccc(C#CC4CCCCC4)cc3[C@@H]21. The van der Waals surface area contributed by atoms with Crippen LogP contribution in [0.4, 0.5) is 5.69 Å². The van der Waals surface area contributed by atoms with Crippen LogP contribution >= 0.6 is 0 Å². The molecule has 1 saturated heterocycles. The van der Waals surface area contributed by atoms with Gasteiger partial charge in [-0.3, -0.25) is 4.79 Å². The lowest BCUT2D eigenvalue weighted by molar-refractivity contribution is 0.0701. The van der Waals surface area contributed by atoms with Crippen LogP contribution < -0.4 is 5.32 Å². The molecule has 3 aliphatic rings. The molecule has 1 aliphatic carbocycles. The fourth-order valence-electron chi connectivity index (χ4n) is 5.55. The van der Waals surface area contributed by atoms with E-state index in [1.807, 2.05) is 35.2 Å². The van der Waals surface area contributed by atoms with Crippen LogP contribution in [0.1, 0.15) is 66.1 Å². The van der Waals surface area contributed by atoms with Gasteiger partial charge in [-0.05, 0) is 55.2 Å². The fourth-order valence-corrected chi connectivity index (χ4v) is 5.55. The second kappa shape index (κ2) is 8.77. The Labute approximate surface area is 184 Å². The standard InChI is InChI=1S/C27H30N2O2/c30-18-25-22-15-16-29(27(31)21-9-5-2-6-10-21)26(22)23-17-20(13-14-24(23)28-25)12-11-19-7-3-1-4-8-19/h2,5-6,9-10,13-14,17,19,22,25-26,28,30H,1,3-4,7-8,15-16,18H2/t22-,25+,26-/m1/s1. The van der Waals surface area contributed by atoms with E-state index < -0.39 is 0 Å². The highest BCUT2D eigenvalue weighted by molar-refractivity contribution is 5.95. The molecule has 0 radical (unpaired) electrons. The second-order valence-electron chi connectivity index (χ2n) is 9.10. The molecule has 0 spiro atoms. The summed E-state index contributed by atoms with van der Waals surface area (Å²) in [7, 11) is 0. The molecule has 0 unspecified atom stereocenters. The van der Waals surface area contributed by atoms with Crippen molar-refractivity contribution in [2.75, 3.05) is 18.5 Å². The Bertz CT molecular complexity index is 1000. The van der Waals surface area contributed by atoms with Gasteiger partial charge in [0.1, 0.15) is 0 Å².